The van der Waals surface area contributed by atoms with Crippen molar-refractivity contribution in [2.45, 2.75) is 190 Å². The molecule has 0 aromatic carbocycles. The average Bonchev–Trinajstić information content (AvgIpc) is 4.03. The number of aromatic amines is 1. The number of aromatic nitrogens is 12. The van der Waals surface area contributed by atoms with Crippen molar-refractivity contribution in [1.82, 2.24) is 55.9 Å². The topological polar surface area (TPSA) is 309 Å². The van der Waals surface area contributed by atoms with Gasteiger partial charge < -0.3 is 32.6 Å². The van der Waals surface area contributed by atoms with Crippen LogP contribution in [0.5, 0.6) is 0 Å². The summed E-state index contributed by atoms with van der Waals surface area (Å²) in [6, 6.07) is 0. The summed E-state index contributed by atoms with van der Waals surface area (Å²) in [5.74, 6) is 1.45. The summed E-state index contributed by atoms with van der Waals surface area (Å²) >= 11 is 0. The van der Waals surface area contributed by atoms with Crippen molar-refractivity contribution in [1.29, 1.82) is 0 Å². The maximum atomic E-state index is 11.5. The first-order chi connectivity index (χ1) is 36.3. The van der Waals surface area contributed by atoms with Crippen LogP contribution in [0.1, 0.15) is 169 Å². The van der Waals surface area contributed by atoms with E-state index in [1.807, 2.05) is 62.3 Å². The molecule has 3 heterocycles. The zero-order valence-electron chi connectivity index (χ0n) is 55.4. The van der Waals surface area contributed by atoms with Gasteiger partial charge in [0, 0.05) is 47.7 Å². The number of rotatable bonds is 16. The Hall–Kier alpha value is -4.34. The van der Waals surface area contributed by atoms with Crippen LogP contribution in [-0.2, 0) is 105 Å². The number of tetrazole rings is 3. The number of esters is 3. The largest absolute Gasteiger partial charge is 0.469 e. The minimum Gasteiger partial charge on any atom is -0.469 e. The van der Waals surface area contributed by atoms with Gasteiger partial charge in [0.15, 0.2) is 30.0 Å². The molecule has 81 heavy (non-hydrogen) atoms. The fourth-order valence-electron chi connectivity index (χ4n) is 5.75. The van der Waals surface area contributed by atoms with E-state index < -0.39 is 17.7 Å². The van der Waals surface area contributed by atoms with Crippen molar-refractivity contribution in [3.8, 4) is 0 Å². The molecule has 0 unspecified atom stereocenters. The van der Waals surface area contributed by atoms with Crippen molar-refractivity contribution < 1.29 is 68.8 Å². The van der Waals surface area contributed by atoms with Crippen LogP contribution in [0, 0.1) is 37.9 Å². The second kappa shape index (κ2) is 37.8. The molecule has 0 atom stereocenters. The maximum Gasteiger partial charge on any atom is 0.456 e. The van der Waals surface area contributed by atoms with Gasteiger partial charge in [-0.2, -0.15) is 22.7 Å². The summed E-state index contributed by atoms with van der Waals surface area (Å²) in [6.07, 6.45) is 4.23. The van der Waals surface area contributed by atoms with Gasteiger partial charge in [-0.25, -0.2) is 9.59 Å². The fourth-order valence-corrected chi connectivity index (χ4v) is 8.50. The molecule has 0 fully saturated rings. The predicted octanol–water partition coefficient (Wildman–Crippen LogP) is 8.02. The molecule has 0 saturated heterocycles. The van der Waals surface area contributed by atoms with Gasteiger partial charge in [-0.05, 0) is 54.7 Å². The van der Waals surface area contributed by atoms with Crippen LogP contribution in [0.15, 0.2) is 0 Å². The molecule has 3 rings (SSSR count). The van der Waals surface area contributed by atoms with Gasteiger partial charge in [-0.15, -0.1) is 20.4 Å². The molecule has 0 aliphatic carbocycles. The molecule has 26 nitrogen and oxygen atoms in total. The number of hydrogen-bond donors (Lipinski definition) is 1. The van der Waals surface area contributed by atoms with E-state index in [0.29, 0.717) is 18.4 Å². The number of hydrogen-bond acceptors (Lipinski definition) is 22. The van der Waals surface area contributed by atoms with Crippen molar-refractivity contribution in [3.05, 3.63) is 17.5 Å². The molecule has 0 radical (unpaired) electrons. The lowest BCUT2D eigenvalue weighted by molar-refractivity contribution is -0.751. The summed E-state index contributed by atoms with van der Waals surface area (Å²) in [5, 5.41) is 33.7. The van der Waals surface area contributed by atoms with Crippen LogP contribution in [0.2, 0.25) is 6.32 Å². The lowest BCUT2D eigenvalue weighted by Crippen LogP contribution is -2.44. The zero-order chi connectivity index (χ0) is 64.7. The van der Waals surface area contributed by atoms with Crippen LogP contribution < -0.4 is 4.68 Å². The van der Waals surface area contributed by atoms with Gasteiger partial charge in [-0.3, -0.25) is 13.5 Å². The minimum atomic E-state index is -3.28. The van der Waals surface area contributed by atoms with Crippen LogP contribution in [-0.4, -0.2) is 158 Å². The number of H-pyrrole nitrogens is 1. The van der Waals surface area contributed by atoms with Gasteiger partial charge in [0.1, 0.15) is 5.10 Å². The summed E-state index contributed by atoms with van der Waals surface area (Å²) in [5.41, 5.74) is 0.525. The van der Waals surface area contributed by atoms with E-state index in [2.05, 4.69) is 148 Å². The molecule has 0 aliphatic heterocycles. The highest BCUT2D eigenvalue weighted by Crippen LogP contribution is 2.50. The second-order valence-electron chi connectivity index (χ2n) is 27.2. The highest BCUT2D eigenvalue weighted by atomic mass is 32.2. The first kappa shape index (κ1) is 83.1. The first-order valence-corrected chi connectivity index (χ1v) is 29.7. The number of ether oxygens (including phenoxy) is 3. The average molecular weight is 1200 g/mol. The summed E-state index contributed by atoms with van der Waals surface area (Å²) in [4.78, 5) is 35.3. The van der Waals surface area contributed by atoms with Crippen molar-refractivity contribution in [2.24, 2.45) is 45.0 Å². The molecular weight excluding hydrogens is 1090 g/mol. The number of nitrogens with zero attached hydrogens (tertiary/aromatic N) is 11. The summed E-state index contributed by atoms with van der Waals surface area (Å²) in [6.45, 7) is 43.2. The van der Waals surface area contributed by atoms with Gasteiger partial charge in [0.05, 0.1) is 53.8 Å². The van der Waals surface area contributed by atoms with E-state index in [4.69, 9.17) is 18.4 Å². The van der Waals surface area contributed by atoms with Crippen molar-refractivity contribution in [2.75, 3.05) is 68.8 Å². The first-order valence-electron chi connectivity index (χ1n) is 26.4. The molecule has 1 N–H and O–H groups in total. The summed E-state index contributed by atoms with van der Waals surface area (Å²) in [7, 11) is 7.08. The lowest BCUT2D eigenvalue weighted by atomic mass is 9.71. The Balaban J connectivity index is -0.000000431. The lowest BCUT2D eigenvalue weighted by Gasteiger charge is -2.23. The van der Waals surface area contributed by atoms with Gasteiger partial charge in [0.25, 0.3) is 10.1 Å². The number of methoxy groups -OCH3 is 3. The van der Waals surface area contributed by atoms with E-state index >= 15 is 0 Å². The minimum absolute atomic E-state index is 0.00758. The van der Waals surface area contributed by atoms with Crippen molar-refractivity contribution in [3.63, 3.8) is 0 Å². The zero-order valence-corrected chi connectivity index (χ0v) is 57.1. The van der Waals surface area contributed by atoms with Crippen LogP contribution in [0.3, 0.4) is 0 Å². The predicted molar refractivity (Wildman–Crippen MR) is 313 cm³/mol. The quantitative estimate of drug-likeness (QED) is 0.0354. The Labute approximate surface area is 487 Å². The van der Waals surface area contributed by atoms with Crippen LogP contribution in [0.25, 0.3) is 0 Å². The number of carbonyl (C=O) groups is 3. The standard InChI is InChI=1S/2C9H16N4O2.C7H17BO2.C7H14N4.C7H17O3P.C7H14O2.C6H14O3S/c1-9(2,3)5-7-10-11-12-13(7)6-8(14)15-4;1-9(2,3)5-7-10-12-13(11-7)6-8(14)15-4;1-7(2,3)6-8(9-4)10-5;1-7(2,3)5-6-8-10-11(4)9-6;1-7(2,3)6-11(8,9-4)10-5;1-7(2,3)5-6(8)9-4;1-6(2,3)5-10(7,8)9-4/h2*5-6H2,1-4H3;6H2,1-5H3;5H2,1-4H3;6H2,1-5H3;5H2,1-4H3;5H2,1-4H3/p+1. The van der Waals surface area contributed by atoms with E-state index in [9.17, 15) is 27.4 Å². The number of nitrogens with one attached hydrogen (secondary N) is 1. The Morgan fingerprint density at radius 2 is 1.01 bits per heavy atom. The van der Waals surface area contributed by atoms with E-state index in [-0.39, 0.29) is 81.8 Å². The Morgan fingerprint density at radius 1 is 0.568 bits per heavy atom. The Bertz CT molecular complexity index is 2340. The molecule has 3 aromatic rings. The maximum absolute atomic E-state index is 11.5. The highest BCUT2D eigenvalue weighted by Gasteiger charge is 2.29. The third-order valence-corrected chi connectivity index (χ3v) is 13.2. The Kier molecular flexibility index (Phi) is 38.8. The van der Waals surface area contributed by atoms with Crippen molar-refractivity contribution >= 4 is 42.7 Å². The number of carbonyl (C=O) groups excluding carboxylic acids is 3. The highest BCUT2D eigenvalue weighted by molar-refractivity contribution is 7.86. The molecule has 0 bridgehead atoms. The van der Waals surface area contributed by atoms with Gasteiger partial charge in [0.2, 0.25) is 0 Å². The van der Waals surface area contributed by atoms with E-state index in [1.165, 1.54) is 52.3 Å². The molecule has 0 aliphatic rings. The summed E-state index contributed by atoms with van der Waals surface area (Å²) < 4.78 is 72.2. The molecule has 474 valence electrons. The van der Waals surface area contributed by atoms with E-state index in [1.54, 1.807) is 25.9 Å². The third-order valence-electron chi connectivity index (χ3n) is 9.06. The molecule has 3 aromatic heterocycles. The monoisotopic (exact) mass is 1200 g/mol. The Morgan fingerprint density at radius 3 is 1.30 bits per heavy atom. The van der Waals surface area contributed by atoms with Gasteiger partial charge >= 0.3 is 38.4 Å². The van der Waals surface area contributed by atoms with Crippen LogP contribution in [0.4, 0.5) is 0 Å². The normalized spacial score (nSPS) is 12.1. The molecule has 0 amide bonds. The molecule has 29 heteroatoms. The second-order valence-corrected chi connectivity index (χ2v) is 31.2. The van der Waals surface area contributed by atoms with Gasteiger partial charge in [-0.1, -0.05) is 151 Å². The fraction of sp³-hybridized carbons (Fsp3) is 0.885. The molecular formula is C52H109BN12O14PS+. The molecule has 0 saturated carbocycles. The van der Waals surface area contributed by atoms with E-state index in [0.717, 1.165) is 37.2 Å². The SMILES string of the molecule is COB(CC(C)(C)C)OC.COC(=O)CC(C)(C)C.COC(=O)C[n+]1[nH]nnc1CC(C)(C)C.COC(=O)Cn1nnc(CC(C)(C)C)n1.COP(=O)(CC(C)(C)C)OC.COS(=O)(=O)CC(C)(C)C.Cn1nnc(CC(C)(C)C)n1. The third kappa shape index (κ3) is 53.4. The number of aryl methyl sites for hydroxylation is 1. The molecule has 0 spiro atoms. The smallest absolute Gasteiger partial charge is 0.456 e. The van der Waals surface area contributed by atoms with Crippen LogP contribution >= 0.6 is 7.60 Å².